The summed E-state index contributed by atoms with van der Waals surface area (Å²) < 4.78 is 24.5. The van der Waals surface area contributed by atoms with Gasteiger partial charge in [0, 0.05) is 25.9 Å². The SMILES string of the molecule is CS(=O)(=O)C[C@H](O)c1cc2n(n1)CCN(CCc1ccccc1)C2. The molecule has 6 nitrogen and oxygen atoms in total. The van der Waals surface area contributed by atoms with Crippen molar-refractivity contribution in [2.24, 2.45) is 0 Å². The molecule has 0 saturated carbocycles. The van der Waals surface area contributed by atoms with Gasteiger partial charge in [-0.15, -0.1) is 0 Å². The molecular weight excluding hydrogens is 326 g/mol. The van der Waals surface area contributed by atoms with E-state index in [4.69, 9.17) is 0 Å². The van der Waals surface area contributed by atoms with Gasteiger partial charge in [0.15, 0.2) is 0 Å². The molecule has 130 valence electrons. The minimum atomic E-state index is -3.23. The van der Waals surface area contributed by atoms with Crippen LogP contribution in [0.15, 0.2) is 36.4 Å². The fourth-order valence-corrected chi connectivity index (χ4v) is 3.74. The molecule has 3 rings (SSSR count). The average Bonchev–Trinajstić information content (AvgIpc) is 2.96. The lowest BCUT2D eigenvalue weighted by Gasteiger charge is -2.27. The summed E-state index contributed by atoms with van der Waals surface area (Å²) in [5.74, 6) is -0.291. The van der Waals surface area contributed by atoms with E-state index in [2.05, 4.69) is 34.3 Å². The minimum absolute atomic E-state index is 0.291. The number of aliphatic hydroxyl groups excluding tert-OH is 1. The standard InChI is InChI=1S/C17H23N3O3S/c1-24(22,23)13-17(21)16-11-15-12-19(9-10-20(15)18-16)8-7-14-5-3-2-4-6-14/h2-6,11,17,21H,7-10,12-13H2,1H3/t17-/m0/s1. The van der Waals surface area contributed by atoms with Crippen LogP contribution in [0.25, 0.3) is 0 Å². The molecule has 0 bridgehead atoms. The maximum Gasteiger partial charge on any atom is 0.150 e. The maximum absolute atomic E-state index is 11.3. The summed E-state index contributed by atoms with van der Waals surface area (Å²) in [5, 5.41) is 14.4. The summed E-state index contributed by atoms with van der Waals surface area (Å²) in [6.07, 6.45) is 1.06. The Labute approximate surface area is 142 Å². The Balaban J connectivity index is 1.61. The molecule has 0 amide bonds. The third-order valence-electron chi connectivity index (χ3n) is 4.26. The molecule has 0 unspecified atom stereocenters. The van der Waals surface area contributed by atoms with E-state index >= 15 is 0 Å². The summed E-state index contributed by atoms with van der Waals surface area (Å²) >= 11 is 0. The molecule has 24 heavy (non-hydrogen) atoms. The summed E-state index contributed by atoms with van der Waals surface area (Å²) in [7, 11) is -3.23. The quantitative estimate of drug-likeness (QED) is 0.843. The molecular formula is C17H23N3O3S. The number of aromatic nitrogens is 2. The van der Waals surface area contributed by atoms with Crippen LogP contribution in [-0.2, 0) is 29.3 Å². The molecule has 0 spiro atoms. The number of rotatable bonds is 6. The van der Waals surface area contributed by atoms with Crippen molar-refractivity contribution in [2.45, 2.75) is 25.6 Å². The van der Waals surface area contributed by atoms with Crippen molar-refractivity contribution in [2.75, 3.05) is 25.1 Å². The molecule has 7 heteroatoms. The second kappa shape index (κ2) is 7.04. The normalized spacial score (nSPS) is 16.8. The van der Waals surface area contributed by atoms with Crippen molar-refractivity contribution in [3.05, 3.63) is 53.3 Å². The van der Waals surface area contributed by atoms with E-state index in [9.17, 15) is 13.5 Å². The molecule has 1 aromatic heterocycles. The Morgan fingerprint density at radius 3 is 2.71 bits per heavy atom. The summed E-state index contributed by atoms with van der Waals surface area (Å²) in [6, 6.07) is 12.2. The van der Waals surface area contributed by atoms with Crippen LogP contribution >= 0.6 is 0 Å². The predicted octanol–water partition coefficient (Wildman–Crippen LogP) is 1.02. The first kappa shape index (κ1) is 17.1. The highest BCUT2D eigenvalue weighted by atomic mass is 32.2. The van der Waals surface area contributed by atoms with Gasteiger partial charge >= 0.3 is 0 Å². The van der Waals surface area contributed by atoms with Crippen molar-refractivity contribution >= 4 is 9.84 Å². The van der Waals surface area contributed by atoms with Gasteiger partial charge in [0.25, 0.3) is 0 Å². The van der Waals surface area contributed by atoms with E-state index in [0.717, 1.165) is 44.5 Å². The summed E-state index contributed by atoms with van der Waals surface area (Å²) in [6.45, 7) is 3.40. The molecule has 1 aliphatic rings. The maximum atomic E-state index is 11.3. The first-order valence-corrected chi connectivity index (χ1v) is 10.2. The number of hydrogen-bond acceptors (Lipinski definition) is 5. The molecule has 1 aromatic carbocycles. The second-order valence-corrected chi connectivity index (χ2v) is 8.59. The number of sulfone groups is 1. The number of hydrogen-bond donors (Lipinski definition) is 1. The smallest absolute Gasteiger partial charge is 0.150 e. The van der Waals surface area contributed by atoms with Crippen molar-refractivity contribution in [1.82, 2.24) is 14.7 Å². The van der Waals surface area contributed by atoms with Gasteiger partial charge in [-0.3, -0.25) is 9.58 Å². The fourth-order valence-electron chi connectivity index (χ4n) is 3.00. The Morgan fingerprint density at radius 1 is 1.25 bits per heavy atom. The second-order valence-electron chi connectivity index (χ2n) is 6.40. The van der Waals surface area contributed by atoms with Crippen molar-refractivity contribution in [3.8, 4) is 0 Å². The van der Waals surface area contributed by atoms with Gasteiger partial charge < -0.3 is 5.11 Å². The van der Waals surface area contributed by atoms with Gasteiger partial charge in [-0.25, -0.2) is 8.42 Å². The molecule has 2 heterocycles. The number of benzene rings is 1. The Hall–Kier alpha value is -1.70. The summed E-state index contributed by atoms with van der Waals surface area (Å²) in [4.78, 5) is 2.36. The van der Waals surface area contributed by atoms with E-state index in [1.165, 1.54) is 5.56 Å². The zero-order valence-corrected chi connectivity index (χ0v) is 14.6. The predicted molar refractivity (Wildman–Crippen MR) is 92.3 cm³/mol. The van der Waals surface area contributed by atoms with Crippen LogP contribution in [-0.4, -0.2) is 53.3 Å². The molecule has 1 aliphatic heterocycles. The molecule has 2 aromatic rings. The van der Waals surface area contributed by atoms with Gasteiger partial charge in [0.2, 0.25) is 0 Å². The zero-order valence-electron chi connectivity index (χ0n) is 13.8. The third kappa shape index (κ3) is 4.43. The number of aliphatic hydroxyl groups is 1. The molecule has 0 saturated heterocycles. The summed E-state index contributed by atoms with van der Waals surface area (Å²) in [5.41, 5.74) is 2.79. The largest absolute Gasteiger partial charge is 0.386 e. The molecule has 1 atom stereocenters. The zero-order chi connectivity index (χ0) is 17.2. The topological polar surface area (TPSA) is 75.4 Å². The van der Waals surface area contributed by atoms with Crippen molar-refractivity contribution < 1.29 is 13.5 Å². The van der Waals surface area contributed by atoms with Gasteiger partial charge in [0.1, 0.15) is 15.9 Å². The van der Waals surface area contributed by atoms with Crippen LogP contribution in [0.2, 0.25) is 0 Å². The van der Waals surface area contributed by atoms with Crippen LogP contribution in [0.4, 0.5) is 0 Å². The Morgan fingerprint density at radius 2 is 2.00 bits per heavy atom. The Kier molecular flexibility index (Phi) is 5.03. The van der Waals surface area contributed by atoms with Crippen LogP contribution in [0, 0.1) is 0 Å². The van der Waals surface area contributed by atoms with Crippen molar-refractivity contribution in [3.63, 3.8) is 0 Å². The molecule has 1 N–H and O–H groups in total. The van der Waals surface area contributed by atoms with Crippen LogP contribution in [0.5, 0.6) is 0 Å². The van der Waals surface area contributed by atoms with E-state index in [1.807, 2.05) is 16.8 Å². The number of fused-ring (bicyclic) bond motifs is 1. The van der Waals surface area contributed by atoms with Gasteiger partial charge in [-0.2, -0.15) is 5.10 Å². The molecule has 0 fully saturated rings. The third-order valence-corrected chi connectivity index (χ3v) is 5.18. The monoisotopic (exact) mass is 349 g/mol. The van der Waals surface area contributed by atoms with Crippen molar-refractivity contribution in [1.29, 1.82) is 0 Å². The highest BCUT2D eigenvalue weighted by molar-refractivity contribution is 7.90. The fraction of sp³-hybridized carbons (Fsp3) is 0.471. The van der Waals surface area contributed by atoms with Gasteiger partial charge in [-0.1, -0.05) is 30.3 Å². The highest BCUT2D eigenvalue weighted by Gasteiger charge is 2.23. The van der Waals surface area contributed by atoms with E-state index < -0.39 is 15.9 Å². The van der Waals surface area contributed by atoms with Crippen LogP contribution < -0.4 is 0 Å². The lowest BCUT2D eigenvalue weighted by atomic mass is 10.1. The van der Waals surface area contributed by atoms with E-state index in [-0.39, 0.29) is 5.75 Å². The lowest BCUT2D eigenvalue weighted by molar-refractivity contribution is 0.193. The van der Waals surface area contributed by atoms with E-state index in [0.29, 0.717) is 5.69 Å². The van der Waals surface area contributed by atoms with Crippen LogP contribution in [0.3, 0.4) is 0 Å². The average molecular weight is 349 g/mol. The molecule has 0 radical (unpaired) electrons. The van der Waals surface area contributed by atoms with E-state index in [1.54, 1.807) is 0 Å². The van der Waals surface area contributed by atoms with Crippen LogP contribution in [0.1, 0.15) is 23.1 Å². The minimum Gasteiger partial charge on any atom is -0.386 e. The van der Waals surface area contributed by atoms with Gasteiger partial charge in [-0.05, 0) is 18.1 Å². The van der Waals surface area contributed by atoms with Gasteiger partial charge in [0.05, 0.1) is 23.7 Å². The Bertz CT molecular complexity index is 787. The lowest BCUT2D eigenvalue weighted by Crippen LogP contribution is -2.35. The number of nitrogens with zero attached hydrogens (tertiary/aromatic N) is 3. The highest BCUT2D eigenvalue weighted by Crippen LogP contribution is 2.19. The molecule has 0 aliphatic carbocycles. The first-order valence-electron chi connectivity index (χ1n) is 8.09. The first-order chi connectivity index (χ1) is 11.4.